The minimum atomic E-state index is -3.86. The summed E-state index contributed by atoms with van der Waals surface area (Å²) in [5.74, 6) is -0.188. The molecule has 0 atom stereocenters. The van der Waals surface area contributed by atoms with Gasteiger partial charge in [-0.25, -0.2) is 4.72 Å². The molecule has 1 aliphatic heterocycles. The molecule has 1 heterocycles. The molecule has 0 saturated heterocycles. The summed E-state index contributed by atoms with van der Waals surface area (Å²) < 4.78 is 29.2. The fourth-order valence-electron chi connectivity index (χ4n) is 2.04. The highest BCUT2D eigenvalue weighted by Crippen LogP contribution is 2.27. The van der Waals surface area contributed by atoms with Crippen molar-refractivity contribution in [3.05, 3.63) is 23.8 Å². The van der Waals surface area contributed by atoms with E-state index in [1.807, 2.05) is 19.9 Å². The van der Waals surface area contributed by atoms with E-state index in [1.165, 1.54) is 12.1 Å². The zero-order valence-corrected chi connectivity index (χ0v) is 13.6. The highest BCUT2D eigenvalue weighted by molar-refractivity contribution is 7.89. The minimum Gasteiger partial charge on any atom is -0.504 e. The molecule has 1 aromatic carbocycles. The molecule has 3 N–H and O–H groups in total. The Hall–Kier alpha value is -2.60. The normalized spacial score (nSPS) is 17.7. The van der Waals surface area contributed by atoms with Crippen LogP contribution in [-0.4, -0.2) is 31.2 Å². The number of phenols is 1. The predicted molar refractivity (Wildman–Crippen MR) is 87.7 cm³/mol. The molecule has 122 valence electrons. The smallest absolute Gasteiger partial charge is 0.345 e. The van der Waals surface area contributed by atoms with Gasteiger partial charge in [0.2, 0.25) is 0 Å². The number of anilines is 1. The van der Waals surface area contributed by atoms with Crippen LogP contribution in [0.25, 0.3) is 0 Å². The standard InChI is InChI=1S/C14H17N5O3S/c1-3-10(4-2)16-13-14(19-23(21,22)18-13)17-11-7-5-6-9(8-15)12(11)20/h5-7,10,20H,3-4H2,1-2H3,(H,16,18)(H,17,19). The molecule has 1 aliphatic rings. The molecule has 0 fully saturated rings. The van der Waals surface area contributed by atoms with Gasteiger partial charge in [0.15, 0.2) is 17.4 Å². The quantitative estimate of drug-likeness (QED) is 0.719. The molecule has 0 aliphatic carbocycles. The maximum atomic E-state index is 11.7. The third-order valence-corrected chi connectivity index (χ3v) is 4.20. The number of hydrogen-bond acceptors (Lipinski definition) is 6. The number of nitrogens with zero attached hydrogens (tertiary/aromatic N) is 3. The summed E-state index contributed by atoms with van der Waals surface area (Å²) in [5, 5.41) is 21.6. The molecule has 23 heavy (non-hydrogen) atoms. The van der Waals surface area contributed by atoms with E-state index in [0.717, 1.165) is 12.8 Å². The van der Waals surface area contributed by atoms with E-state index in [-0.39, 0.29) is 34.7 Å². The molecule has 0 radical (unpaired) electrons. The third kappa shape index (κ3) is 3.78. The zero-order chi connectivity index (χ0) is 17.0. The summed E-state index contributed by atoms with van der Waals surface area (Å²) in [6.07, 6.45) is 1.51. The number of aromatic hydroxyl groups is 1. The molecular formula is C14H17N5O3S. The summed E-state index contributed by atoms with van der Waals surface area (Å²) >= 11 is 0. The van der Waals surface area contributed by atoms with Gasteiger partial charge in [-0.05, 0) is 25.0 Å². The molecule has 0 aromatic heterocycles. The van der Waals surface area contributed by atoms with Gasteiger partial charge in [-0.2, -0.15) is 13.7 Å². The number of nitriles is 1. The Morgan fingerprint density at radius 3 is 2.74 bits per heavy atom. The van der Waals surface area contributed by atoms with Crippen LogP contribution in [0.5, 0.6) is 5.75 Å². The average Bonchev–Trinajstić information content (AvgIpc) is 2.80. The summed E-state index contributed by atoms with van der Waals surface area (Å²) in [7, 11) is -3.86. The Labute approximate surface area is 134 Å². The van der Waals surface area contributed by atoms with Crippen LogP contribution in [0.15, 0.2) is 27.6 Å². The van der Waals surface area contributed by atoms with Gasteiger partial charge in [-0.1, -0.05) is 19.9 Å². The van der Waals surface area contributed by atoms with Crippen molar-refractivity contribution in [2.24, 2.45) is 9.39 Å². The Bertz CT molecular complexity index is 804. The number of aliphatic imine (C=N–C) groups is 1. The Kier molecular flexibility index (Phi) is 4.86. The SMILES string of the molecule is CCC(CC)N=C1NS(=O)(=O)N=C1Nc1cccc(C#N)c1O. The number of benzene rings is 1. The van der Waals surface area contributed by atoms with Crippen molar-refractivity contribution in [2.45, 2.75) is 32.7 Å². The molecule has 2 rings (SSSR count). The van der Waals surface area contributed by atoms with E-state index in [9.17, 15) is 13.5 Å². The van der Waals surface area contributed by atoms with Crippen molar-refractivity contribution in [1.29, 1.82) is 5.26 Å². The summed E-state index contributed by atoms with van der Waals surface area (Å²) in [4.78, 5) is 4.34. The van der Waals surface area contributed by atoms with Crippen LogP contribution < -0.4 is 10.0 Å². The Balaban J connectivity index is 2.38. The van der Waals surface area contributed by atoms with Crippen molar-refractivity contribution in [3.63, 3.8) is 0 Å². The van der Waals surface area contributed by atoms with Crippen molar-refractivity contribution < 1.29 is 13.5 Å². The lowest BCUT2D eigenvalue weighted by molar-refractivity contribution is 0.476. The van der Waals surface area contributed by atoms with Crippen LogP contribution in [0, 0.1) is 11.3 Å². The van der Waals surface area contributed by atoms with Gasteiger partial charge in [-0.3, -0.25) is 4.99 Å². The first kappa shape index (κ1) is 16.8. The third-order valence-electron chi connectivity index (χ3n) is 3.33. The van der Waals surface area contributed by atoms with Gasteiger partial charge >= 0.3 is 10.2 Å². The summed E-state index contributed by atoms with van der Waals surface area (Å²) in [6.45, 7) is 3.91. The average molecular weight is 335 g/mol. The highest BCUT2D eigenvalue weighted by atomic mass is 32.2. The second-order valence-electron chi connectivity index (χ2n) is 4.90. The molecule has 9 heteroatoms. The Morgan fingerprint density at radius 2 is 2.13 bits per heavy atom. The van der Waals surface area contributed by atoms with E-state index >= 15 is 0 Å². The molecule has 0 bridgehead atoms. The number of amidine groups is 2. The topological polar surface area (TPSA) is 127 Å². The van der Waals surface area contributed by atoms with Crippen LogP contribution in [0.1, 0.15) is 32.3 Å². The number of nitrogens with one attached hydrogen (secondary N) is 2. The fourth-order valence-corrected chi connectivity index (χ4v) is 2.85. The van der Waals surface area contributed by atoms with E-state index < -0.39 is 10.2 Å². The molecule has 1 aromatic rings. The van der Waals surface area contributed by atoms with Gasteiger partial charge < -0.3 is 10.4 Å². The highest BCUT2D eigenvalue weighted by Gasteiger charge is 2.27. The summed E-state index contributed by atoms with van der Waals surface area (Å²) in [6, 6.07) is 6.33. The van der Waals surface area contributed by atoms with Gasteiger partial charge in [0, 0.05) is 0 Å². The molecule has 8 nitrogen and oxygen atoms in total. The van der Waals surface area contributed by atoms with Gasteiger partial charge in [0.05, 0.1) is 17.3 Å². The summed E-state index contributed by atoms with van der Waals surface area (Å²) in [5.41, 5.74) is 0.252. The van der Waals surface area contributed by atoms with Gasteiger partial charge in [0.1, 0.15) is 6.07 Å². The monoisotopic (exact) mass is 335 g/mol. The van der Waals surface area contributed by atoms with Crippen LogP contribution >= 0.6 is 0 Å². The van der Waals surface area contributed by atoms with Crippen molar-refractivity contribution in [2.75, 3.05) is 5.32 Å². The number of rotatable bonds is 4. The predicted octanol–water partition coefficient (Wildman–Crippen LogP) is 1.51. The largest absolute Gasteiger partial charge is 0.504 e. The first-order chi connectivity index (χ1) is 10.9. The number of para-hydroxylation sites is 1. The van der Waals surface area contributed by atoms with Crippen molar-refractivity contribution >= 4 is 27.6 Å². The lowest BCUT2D eigenvalue weighted by Gasteiger charge is -2.11. The lowest BCUT2D eigenvalue weighted by atomic mass is 10.2. The maximum Gasteiger partial charge on any atom is 0.345 e. The van der Waals surface area contributed by atoms with E-state index in [4.69, 9.17) is 5.26 Å². The van der Waals surface area contributed by atoms with E-state index in [2.05, 4.69) is 19.4 Å². The van der Waals surface area contributed by atoms with Gasteiger partial charge in [-0.15, -0.1) is 4.40 Å². The first-order valence-corrected chi connectivity index (χ1v) is 8.54. The Morgan fingerprint density at radius 1 is 1.43 bits per heavy atom. The second kappa shape index (κ2) is 6.66. The van der Waals surface area contributed by atoms with Crippen LogP contribution in [0.4, 0.5) is 5.69 Å². The lowest BCUT2D eigenvalue weighted by Crippen LogP contribution is -2.31. The van der Waals surface area contributed by atoms with Crippen LogP contribution in [-0.2, 0) is 10.2 Å². The molecule has 0 spiro atoms. The van der Waals surface area contributed by atoms with E-state index in [0.29, 0.717) is 0 Å². The first-order valence-electron chi connectivity index (χ1n) is 7.10. The molecule has 0 saturated carbocycles. The molecule has 0 unspecified atom stereocenters. The van der Waals surface area contributed by atoms with Crippen molar-refractivity contribution in [3.8, 4) is 11.8 Å². The molecular weight excluding hydrogens is 318 g/mol. The van der Waals surface area contributed by atoms with Crippen LogP contribution in [0.2, 0.25) is 0 Å². The number of phenolic OH excluding ortho intramolecular Hbond substituents is 1. The second-order valence-corrected chi connectivity index (χ2v) is 6.24. The van der Waals surface area contributed by atoms with Crippen molar-refractivity contribution in [1.82, 2.24) is 4.72 Å². The van der Waals surface area contributed by atoms with E-state index in [1.54, 1.807) is 6.07 Å². The zero-order valence-electron chi connectivity index (χ0n) is 12.7. The van der Waals surface area contributed by atoms with Gasteiger partial charge in [0.25, 0.3) is 0 Å². The maximum absolute atomic E-state index is 11.7. The molecule has 0 amide bonds. The fraction of sp³-hybridized carbons (Fsp3) is 0.357. The minimum absolute atomic E-state index is 0.0118. The van der Waals surface area contributed by atoms with Crippen LogP contribution in [0.3, 0.4) is 0 Å². The number of hydrogen-bond donors (Lipinski definition) is 3.